The number of hydrogen-bond acceptors (Lipinski definition) is 4. The number of nitrogen functional groups attached to an aromatic ring is 1. The molecule has 0 radical (unpaired) electrons. The Morgan fingerprint density at radius 2 is 2.00 bits per heavy atom. The van der Waals surface area contributed by atoms with E-state index in [-0.39, 0.29) is 0 Å². The predicted molar refractivity (Wildman–Crippen MR) is 63.2 cm³/mol. The Hall–Kier alpha value is -1.78. The third-order valence-electron chi connectivity index (χ3n) is 2.90. The van der Waals surface area contributed by atoms with Gasteiger partial charge in [-0.2, -0.15) is 0 Å². The fourth-order valence-electron chi connectivity index (χ4n) is 1.79. The van der Waals surface area contributed by atoms with Crippen molar-refractivity contribution >= 4 is 17.9 Å². The summed E-state index contributed by atoms with van der Waals surface area (Å²) in [7, 11) is 0. The number of amides is 1. The Bertz CT molecular complexity index is 386. The number of piperazine rings is 1. The van der Waals surface area contributed by atoms with Crippen LogP contribution in [0.5, 0.6) is 0 Å². The van der Waals surface area contributed by atoms with Crippen molar-refractivity contribution in [3.63, 3.8) is 0 Å². The lowest BCUT2D eigenvalue weighted by Crippen LogP contribution is -2.46. The molecule has 2 N–H and O–H groups in total. The van der Waals surface area contributed by atoms with Crippen LogP contribution in [0.4, 0.5) is 11.5 Å². The number of carbonyl (C=O) groups excluding carboxylic acids is 1. The van der Waals surface area contributed by atoms with E-state index in [1.807, 2.05) is 19.1 Å². The van der Waals surface area contributed by atoms with Crippen molar-refractivity contribution in [2.75, 3.05) is 36.8 Å². The number of carbonyl (C=O) groups is 1. The van der Waals surface area contributed by atoms with Gasteiger partial charge in [0.15, 0.2) is 0 Å². The van der Waals surface area contributed by atoms with E-state index >= 15 is 0 Å². The second-order valence-electron chi connectivity index (χ2n) is 3.97. The first-order valence-corrected chi connectivity index (χ1v) is 5.38. The number of aryl methyl sites for hydroxylation is 1. The van der Waals surface area contributed by atoms with Gasteiger partial charge in [0.05, 0.1) is 11.4 Å². The fraction of sp³-hybridized carbons (Fsp3) is 0.455. The van der Waals surface area contributed by atoms with Gasteiger partial charge in [0.1, 0.15) is 5.82 Å². The van der Waals surface area contributed by atoms with Crippen LogP contribution in [0.15, 0.2) is 12.1 Å². The summed E-state index contributed by atoms with van der Waals surface area (Å²) in [6.07, 6.45) is 0.902. The summed E-state index contributed by atoms with van der Waals surface area (Å²) in [4.78, 5) is 19.0. The first-order valence-electron chi connectivity index (χ1n) is 5.38. The number of anilines is 2. The molecule has 86 valence electrons. The van der Waals surface area contributed by atoms with E-state index in [9.17, 15) is 4.79 Å². The van der Waals surface area contributed by atoms with Crippen LogP contribution in [-0.2, 0) is 4.79 Å². The molecule has 1 aromatic rings. The Kier molecular flexibility index (Phi) is 2.94. The van der Waals surface area contributed by atoms with Crippen molar-refractivity contribution in [3.8, 4) is 0 Å². The van der Waals surface area contributed by atoms with Crippen molar-refractivity contribution in [1.29, 1.82) is 0 Å². The number of pyridine rings is 1. The van der Waals surface area contributed by atoms with Crippen molar-refractivity contribution in [2.24, 2.45) is 0 Å². The van der Waals surface area contributed by atoms with Gasteiger partial charge in [0.25, 0.3) is 0 Å². The molecule has 2 heterocycles. The predicted octanol–water partition coefficient (Wildman–Crippen LogP) is 0.251. The molecular formula is C11H16N4O. The van der Waals surface area contributed by atoms with Gasteiger partial charge in [-0.3, -0.25) is 4.79 Å². The van der Waals surface area contributed by atoms with Crippen LogP contribution in [-0.4, -0.2) is 42.5 Å². The lowest BCUT2D eigenvalue weighted by Gasteiger charge is -2.33. The molecule has 1 aliphatic heterocycles. The Balaban J connectivity index is 2.08. The molecular weight excluding hydrogens is 204 g/mol. The van der Waals surface area contributed by atoms with Crippen LogP contribution < -0.4 is 10.6 Å². The molecule has 1 aromatic heterocycles. The van der Waals surface area contributed by atoms with Gasteiger partial charge < -0.3 is 15.5 Å². The van der Waals surface area contributed by atoms with E-state index in [1.165, 1.54) is 0 Å². The number of hydrogen-bond donors (Lipinski definition) is 1. The second-order valence-corrected chi connectivity index (χ2v) is 3.97. The minimum absolute atomic E-state index is 0.718. The van der Waals surface area contributed by atoms with E-state index in [0.717, 1.165) is 49.8 Å². The average Bonchev–Trinajstić information content (AvgIpc) is 2.33. The molecule has 16 heavy (non-hydrogen) atoms. The number of rotatable bonds is 2. The van der Waals surface area contributed by atoms with Crippen LogP contribution in [0.3, 0.4) is 0 Å². The Morgan fingerprint density at radius 3 is 2.56 bits per heavy atom. The minimum Gasteiger partial charge on any atom is -0.397 e. The van der Waals surface area contributed by atoms with Gasteiger partial charge in [0, 0.05) is 26.2 Å². The summed E-state index contributed by atoms with van der Waals surface area (Å²) in [5.41, 5.74) is 7.30. The van der Waals surface area contributed by atoms with Crippen molar-refractivity contribution in [2.45, 2.75) is 6.92 Å². The van der Waals surface area contributed by atoms with Crippen molar-refractivity contribution in [1.82, 2.24) is 9.88 Å². The zero-order chi connectivity index (χ0) is 11.5. The third kappa shape index (κ3) is 2.08. The first-order chi connectivity index (χ1) is 7.70. The highest BCUT2D eigenvalue weighted by Crippen LogP contribution is 2.17. The fourth-order valence-corrected chi connectivity index (χ4v) is 1.79. The molecule has 0 bridgehead atoms. The van der Waals surface area contributed by atoms with E-state index < -0.39 is 0 Å². The second kappa shape index (κ2) is 4.38. The van der Waals surface area contributed by atoms with Gasteiger partial charge in [-0.15, -0.1) is 0 Å². The molecule has 5 heteroatoms. The molecule has 0 spiro atoms. The van der Waals surface area contributed by atoms with Gasteiger partial charge in [-0.1, -0.05) is 0 Å². The lowest BCUT2D eigenvalue weighted by molar-refractivity contribution is -0.118. The molecule has 1 amide bonds. The molecule has 0 aromatic carbocycles. The first kappa shape index (κ1) is 10.7. The number of nitrogens with two attached hydrogens (primary N) is 1. The quantitative estimate of drug-likeness (QED) is 0.726. The average molecular weight is 220 g/mol. The Morgan fingerprint density at radius 1 is 1.31 bits per heavy atom. The van der Waals surface area contributed by atoms with Crippen LogP contribution in [0.1, 0.15) is 5.69 Å². The van der Waals surface area contributed by atoms with Crippen LogP contribution >= 0.6 is 0 Å². The van der Waals surface area contributed by atoms with E-state index in [0.29, 0.717) is 0 Å². The maximum Gasteiger partial charge on any atom is 0.209 e. The summed E-state index contributed by atoms with van der Waals surface area (Å²) in [6, 6.07) is 3.81. The largest absolute Gasteiger partial charge is 0.397 e. The van der Waals surface area contributed by atoms with Gasteiger partial charge in [-0.25, -0.2) is 4.98 Å². The Labute approximate surface area is 94.9 Å². The summed E-state index contributed by atoms with van der Waals surface area (Å²) >= 11 is 0. The number of aromatic nitrogens is 1. The van der Waals surface area contributed by atoms with Crippen molar-refractivity contribution in [3.05, 3.63) is 17.8 Å². The highest BCUT2D eigenvalue weighted by atomic mass is 16.1. The van der Waals surface area contributed by atoms with Crippen LogP contribution in [0.2, 0.25) is 0 Å². The zero-order valence-corrected chi connectivity index (χ0v) is 9.39. The van der Waals surface area contributed by atoms with Crippen molar-refractivity contribution < 1.29 is 4.79 Å². The maximum absolute atomic E-state index is 10.6. The standard InChI is InChI=1S/C11H16N4O/c1-9-10(12)2-3-11(13-9)15-6-4-14(8-16)5-7-15/h2-3,8H,4-7,12H2,1H3. The molecule has 2 rings (SSSR count). The topological polar surface area (TPSA) is 62.5 Å². The summed E-state index contributed by atoms with van der Waals surface area (Å²) in [6.45, 7) is 5.08. The molecule has 0 atom stereocenters. The lowest BCUT2D eigenvalue weighted by atomic mass is 10.3. The maximum atomic E-state index is 10.6. The SMILES string of the molecule is Cc1nc(N2CCN(C=O)CC2)ccc1N. The summed E-state index contributed by atoms with van der Waals surface area (Å²) in [5.74, 6) is 0.942. The third-order valence-corrected chi connectivity index (χ3v) is 2.90. The molecule has 1 saturated heterocycles. The van der Waals surface area contributed by atoms with E-state index in [4.69, 9.17) is 5.73 Å². The summed E-state index contributed by atoms with van der Waals surface area (Å²) in [5, 5.41) is 0. The molecule has 0 aliphatic carbocycles. The highest BCUT2D eigenvalue weighted by Gasteiger charge is 2.16. The smallest absolute Gasteiger partial charge is 0.209 e. The molecule has 0 saturated carbocycles. The van der Waals surface area contributed by atoms with Gasteiger partial charge >= 0.3 is 0 Å². The molecule has 0 unspecified atom stereocenters. The zero-order valence-electron chi connectivity index (χ0n) is 9.39. The number of nitrogens with zero attached hydrogens (tertiary/aromatic N) is 3. The highest BCUT2D eigenvalue weighted by molar-refractivity contribution is 5.52. The van der Waals surface area contributed by atoms with E-state index in [1.54, 1.807) is 4.90 Å². The normalized spacial score (nSPS) is 16.3. The van der Waals surface area contributed by atoms with E-state index in [2.05, 4.69) is 9.88 Å². The van der Waals surface area contributed by atoms with Crippen LogP contribution in [0.25, 0.3) is 0 Å². The van der Waals surface area contributed by atoms with Gasteiger partial charge in [0.2, 0.25) is 6.41 Å². The molecule has 5 nitrogen and oxygen atoms in total. The molecule has 1 aliphatic rings. The van der Waals surface area contributed by atoms with Crippen LogP contribution in [0, 0.1) is 6.92 Å². The summed E-state index contributed by atoms with van der Waals surface area (Å²) < 4.78 is 0. The minimum atomic E-state index is 0.718. The monoisotopic (exact) mass is 220 g/mol. The van der Waals surface area contributed by atoms with Gasteiger partial charge in [-0.05, 0) is 19.1 Å². The molecule has 1 fully saturated rings.